The minimum absolute atomic E-state index is 0.0871. The van der Waals surface area contributed by atoms with E-state index in [4.69, 9.17) is 16.3 Å². The Labute approximate surface area is 145 Å². The summed E-state index contributed by atoms with van der Waals surface area (Å²) in [7, 11) is 1.72. The predicted octanol–water partition coefficient (Wildman–Crippen LogP) is 2.45. The SMILES string of the molecule is CCOC(=O)c1c2c(nn1C)CCN(C(=O)c1ccc(Cl)cc1)C2. The van der Waals surface area contributed by atoms with E-state index in [-0.39, 0.29) is 5.91 Å². The molecule has 6 nitrogen and oxygen atoms in total. The molecule has 0 atom stereocenters. The highest BCUT2D eigenvalue weighted by Crippen LogP contribution is 2.24. The fourth-order valence-corrected chi connectivity index (χ4v) is 3.03. The van der Waals surface area contributed by atoms with Crippen molar-refractivity contribution in [2.24, 2.45) is 7.05 Å². The van der Waals surface area contributed by atoms with Crippen LogP contribution < -0.4 is 0 Å². The van der Waals surface area contributed by atoms with Crippen molar-refractivity contribution in [1.82, 2.24) is 14.7 Å². The van der Waals surface area contributed by atoms with Crippen molar-refractivity contribution in [3.8, 4) is 0 Å². The zero-order valence-electron chi connectivity index (χ0n) is 13.6. The summed E-state index contributed by atoms with van der Waals surface area (Å²) < 4.78 is 6.65. The number of fused-ring (bicyclic) bond motifs is 1. The molecular formula is C17H18ClN3O3. The molecule has 7 heteroatoms. The lowest BCUT2D eigenvalue weighted by atomic mass is 10.0. The highest BCUT2D eigenvalue weighted by Gasteiger charge is 2.30. The molecule has 0 fully saturated rings. The Morgan fingerprint density at radius 1 is 1.29 bits per heavy atom. The number of esters is 1. The summed E-state index contributed by atoms with van der Waals surface area (Å²) in [4.78, 5) is 26.6. The number of aromatic nitrogens is 2. The summed E-state index contributed by atoms with van der Waals surface area (Å²) in [6.45, 7) is 2.97. The van der Waals surface area contributed by atoms with Gasteiger partial charge in [-0.25, -0.2) is 4.79 Å². The molecule has 1 aliphatic rings. The lowest BCUT2D eigenvalue weighted by molar-refractivity contribution is 0.0508. The summed E-state index contributed by atoms with van der Waals surface area (Å²) in [5, 5.41) is 4.98. The first-order chi connectivity index (χ1) is 11.5. The molecule has 2 aromatic rings. The first-order valence-corrected chi connectivity index (χ1v) is 8.15. The molecule has 2 heterocycles. The third kappa shape index (κ3) is 3.01. The largest absolute Gasteiger partial charge is 0.461 e. The topological polar surface area (TPSA) is 64.4 Å². The van der Waals surface area contributed by atoms with Crippen LogP contribution in [0.3, 0.4) is 0 Å². The summed E-state index contributed by atoms with van der Waals surface area (Å²) in [6, 6.07) is 6.79. The Bertz CT molecular complexity index is 783. The monoisotopic (exact) mass is 347 g/mol. The Morgan fingerprint density at radius 2 is 2.00 bits per heavy atom. The Hall–Kier alpha value is -2.34. The first kappa shape index (κ1) is 16.5. The third-order valence-corrected chi connectivity index (χ3v) is 4.30. The second kappa shape index (κ2) is 6.65. The molecule has 24 heavy (non-hydrogen) atoms. The molecule has 0 unspecified atom stereocenters. The molecule has 0 saturated carbocycles. The van der Waals surface area contributed by atoms with Crippen LogP contribution in [-0.2, 0) is 24.8 Å². The number of carbonyl (C=O) groups is 2. The van der Waals surface area contributed by atoms with Crippen LogP contribution in [0, 0.1) is 0 Å². The fraction of sp³-hybridized carbons (Fsp3) is 0.353. The second-order valence-electron chi connectivity index (χ2n) is 5.60. The standard InChI is InChI=1S/C17H18ClN3O3/c1-3-24-17(23)15-13-10-21(9-8-14(13)19-20(15)2)16(22)11-4-6-12(18)7-5-11/h4-7H,3,8-10H2,1-2H3. The van der Waals surface area contributed by atoms with Gasteiger partial charge < -0.3 is 9.64 Å². The van der Waals surface area contributed by atoms with Crippen molar-refractivity contribution in [1.29, 1.82) is 0 Å². The quantitative estimate of drug-likeness (QED) is 0.800. The first-order valence-electron chi connectivity index (χ1n) is 7.78. The molecular weight excluding hydrogens is 330 g/mol. The van der Waals surface area contributed by atoms with Gasteiger partial charge >= 0.3 is 5.97 Å². The van der Waals surface area contributed by atoms with Crippen LogP contribution in [0.2, 0.25) is 5.02 Å². The molecule has 0 bridgehead atoms. The van der Waals surface area contributed by atoms with Crippen LogP contribution in [0.4, 0.5) is 0 Å². The number of carbonyl (C=O) groups excluding carboxylic acids is 2. The lowest BCUT2D eigenvalue weighted by Crippen LogP contribution is -2.36. The van der Waals surface area contributed by atoms with Crippen molar-refractivity contribution in [3.05, 3.63) is 51.8 Å². The number of halogens is 1. The summed E-state index contributed by atoms with van der Waals surface area (Å²) in [6.07, 6.45) is 0.613. The van der Waals surface area contributed by atoms with Crippen molar-refractivity contribution in [2.75, 3.05) is 13.2 Å². The summed E-state index contributed by atoms with van der Waals surface area (Å²) in [5.74, 6) is -0.495. The molecule has 1 aromatic heterocycles. The highest BCUT2D eigenvalue weighted by molar-refractivity contribution is 6.30. The molecule has 1 amide bonds. The Balaban J connectivity index is 1.87. The number of hydrogen-bond donors (Lipinski definition) is 0. The van der Waals surface area contributed by atoms with Gasteiger partial charge in [0.2, 0.25) is 0 Å². The molecule has 1 aliphatic heterocycles. The zero-order chi connectivity index (χ0) is 17.3. The van der Waals surface area contributed by atoms with E-state index < -0.39 is 5.97 Å². The number of amides is 1. The second-order valence-corrected chi connectivity index (χ2v) is 6.04. The van der Waals surface area contributed by atoms with Gasteiger partial charge in [0, 0.05) is 36.2 Å². The maximum Gasteiger partial charge on any atom is 0.356 e. The fourth-order valence-electron chi connectivity index (χ4n) is 2.90. The lowest BCUT2D eigenvalue weighted by Gasteiger charge is -2.27. The molecule has 0 aliphatic carbocycles. The van der Waals surface area contributed by atoms with Crippen LogP contribution in [0.1, 0.15) is 39.0 Å². The van der Waals surface area contributed by atoms with Crippen molar-refractivity contribution < 1.29 is 14.3 Å². The number of rotatable bonds is 3. The molecule has 0 spiro atoms. The maximum absolute atomic E-state index is 12.7. The van der Waals surface area contributed by atoms with Gasteiger partial charge in [-0.2, -0.15) is 5.10 Å². The van der Waals surface area contributed by atoms with Gasteiger partial charge in [0.05, 0.1) is 18.8 Å². The van der Waals surface area contributed by atoms with E-state index in [0.717, 1.165) is 11.3 Å². The van der Waals surface area contributed by atoms with Gasteiger partial charge in [0.25, 0.3) is 5.91 Å². The average molecular weight is 348 g/mol. The van der Waals surface area contributed by atoms with E-state index in [2.05, 4.69) is 5.10 Å². The highest BCUT2D eigenvalue weighted by atomic mass is 35.5. The molecule has 126 valence electrons. The van der Waals surface area contributed by atoms with Crippen LogP contribution in [0.5, 0.6) is 0 Å². The molecule has 1 aromatic carbocycles. The van der Waals surface area contributed by atoms with Crippen LogP contribution in [0.25, 0.3) is 0 Å². The normalized spacial score (nSPS) is 13.5. The Morgan fingerprint density at radius 3 is 2.67 bits per heavy atom. The molecule has 3 rings (SSSR count). The number of aryl methyl sites for hydroxylation is 1. The number of ether oxygens (including phenoxy) is 1. The van der Waals surface area contributed by atoms with Gasteiger partial charge in [-0.3, -0.25) is 9.48 Å². The van der Waals surface area contributed by atoms with Crippen LogP contribution in [0.15, 0.2) is 24.3 Å². The van der Waals surface area contributed by atoms with E-state index in [1.165, 1.54) is 0 Å². The number of hydrogen-bond acceptors (Lipinski definition) is 4. The molecule has 0 radical (unpaired) electrons. The van der Waals surface area contributed by atoms with Gasteiger partial charge in [-0.05, 0) is 31.2 Å². The van der Waals surface area contributed by atoms with Crippen LogP contribution >= 0.6 is 11.6 Å². The maximum atomic E-state index is 12.7. The zero-order valence-corrected chi connectivity index (χ0v) is 14.3. The third-order valence-electron chi connectivity index (χ3n) is 4.04. The molecule has 0 saturated heterocycles. The van der Waals surface area contributed by atoms with Crippen LogP contribution in [-0.4, -0.2) is 39.7 Å². The van der Waals surface area contributed by atoms with Gasteiger partial charge in [0.15, 0.2) is 5.69 Å². The van der Waals surface area contributed by atoms with Gasteiger partial charge in [0.1, 0.15) is 0 Å². The van der Waals surface area contributed by atoms with E-state index in [0.29, 0.717) is 42.4 Å². The number of nitrogens with zero attached hydrogens (tertiary/aromatic N) is 3. The Kier molecular flexibility index (Phi) is 4.57. The van der Waals surface area contributed by atoms with E-state index in [9.17, 15) is 9.59 Å². The van der Waals surface area contributed by atoms with E-state index in [1.807, 2.05) is 0 Å². The van der Waals surface area contributed by atoms with Gasteiger partial charge in [-0.1, -0.05) is 11.6 Å². The molecule has 0 N–H and O–H groups in total. The summed E-state index contributed by atoms with van der Waals surface area (Å²) in [5.41, 5.74) is 2.61. The van der Waals surface area contributed by atoms with Crippen molar-refractivity contribution in [2.45, 2.75) is 19.9 Å². The van der Waals surface area contributed by atoms with Crippen molar-refractivity contribution >= 4 is 23.5 Å². The minimum Gasteiger partial charge on any atom is -0.461 e. The summed E-state index contributed by atoms with van der Waals surface area (Å²) >= 11 is 5.87. The minimum atomic E-state index is -0.408. The van der Waals surface area contributed by atoms with Gasteiger partial charge in [-0.15, -0.1) is 0 Å². The average Bonchev–Trinajstić information content (AvgIpc) is 2.90. The predicted molar refractivity (Wildman–Crippen MR) is 89.1 cm³/mol. The number of benzene rings is 1. The smallest absolute Gasteiger partial charge is 0.356 e. The van der Waals surface area contributed by atoms with Crippen molar-refractivity contribution in [3.63, 3.8) is 0 Å². The van der Waals surface area contributed by atoms with E-state index >= 15 is 0 Å². The van der Waals surface area contributed by atoms with E-state index in [1.54, 1.807) is 47.8 Å².